The van der Waals surface area contributed by atoms with E-state index in [1.54, 1.807) is 0 Å². The zero-order chi connectivity index (χ0) is 18.6. The van der Waals surface area contributed by atoms with Crippen LogP contribution in [0.2, 0.25) is 0 Å². The van der Waals surface area contributed by atoms with E-state index in [-0.39, 0.29) is 11.5 Å². The number of hydrogen-bond donors (Lipinski definition) is 0. The zero-order valence-corrected chi connectivity index (χ0v) is 16.3. The van der Waals surface area contributed by atoms with Crippen LogP contribution in [0.25, 0.3) is 0 Å². The molecular formula is C23H30O3. The first kappa shape index (κ1) is 18.8. The predicted octanol–water partition coefficient (Wildman–Crippen LogP) is 5.22. The molecular weight excluding hydrogens is 324 g/mol. The van der Waals surface area contributed by atoms with E-state index in [0.717, 1.165) is 31.1 Å². The second-order valence-corrected chi connectivity index (χ2v) is 7.76. The van der Waals surface area contributed by atoms with Crippen LogP contribution in [0.5, 0.6) is 11.5 Å². The van der Waals surface area contributed by atoms with Crippen LogP contribution in [0, 0.1) is 5.92 Å². The van der Waals surface area contributed by atoms with Crippen LogP contribution < -0.4 is 9.47 Å². The number of rotatable bonds is 9. The molecule has 2 atom stereocenters. The second kappa shape index (κ2) is 8.13. The van der Waals surface area contributed by atoms with Crippen molar-refractivity contribution in [2.24, 2.45) is 5.92 Å². The monoisotopic (exact) mass is 354 g/mol. The van der Waals surface area contributed by atoms with Crippen molar-refractivity contribution in [3.63, 3.8) is 0 Å². The molecule has 0 N–H and O–H groups in total. The molecule has 1 heterocycles. The van der Waals surface area contributed by atoms with Gasteiger partial charge in [0.05, 0.1) is 13.2 Å². The molecule has 0 saturated carbocycles. The van der Waals surface area contributed by atoms with Crippen LogP contribution in [0.1, 0.15) is 45.2 Å². The Bertz CT molecular complexity index is 684. The maximum Gasteiger partial charge on any atom is 0.119 e. The van der Waals surface area contributed by atoms with Gasteiger partial charge in [-0.25, -0.2) is 0 Å². The Kier molecular flexibility index (Phi) is 5.87. The van der Waals surface area contributed by atoms with Gasteiger partial charge >= 0.3 is 0 Å². The SMILES string of the molecule is CCC(C)COc1ccc(C(C)(C)c2ccc(OCC3CO3)cc2)cc1. The van der Waals surface area contributed by atoms with Crippen molar-refractivity contribution < 1.29 is 14.2 Å². The van der Waals surface area contributed by atoms with Crippen molar-refractivity contribution in [3.8, 4) is 11.5 Å². The topological polar surface area (TPSA) is 31.0 Å². The van der Waals surface area contributed by atoms with Crippen molar-refractivity contribution in [1.29, 1.82) is 0 Å². The van der Waals surface area contributed by atoms with E-state index < -0.39 is 0 Å². The van der Waals surface area contributed by atoms with Gasteiger partial charge in [0.25, 0.3) is 0 Å². The lowest BCUT2D eigenvalue weighted by Crippen LogP contribution is -2.18. The molecule has 1 fully saturated rings. The zero-order valence-electron chi connectivity index (χ0n) is 16.3. The summed E-state index contributed by atoms with van der Waals surface area (Å²) < 4.78 is 16.8. The van der Waals surface area contributed by atoms with Crippen LogP contribution >= 0.6 is 0 Å². The number of ether oxygens (including phenoxy) is 3. The second-order valence-electron chi connectivity index (χ2n) is 7.76. The lowest BCUT2D eigenvalue weighted by atomic mass is 9.78. The minimum Gasteiger partial charge on any atom is -0.493 e. The van der Waals surface area contributed by atoms with Gasteiger partial charge in [0.15, 0.2) is 0 Å². The molecule has 0 spiro atoms. The van der Waals surface area contributed by atoms with Gasteiger partial charge in [-0.1, -0.05) is 58.4 Å². The van der Waals surface area contributed by atoms with E-state index >= 15 is 0 Å². The normalized spacial score (nSPS) is 17.6. The number of hydrogen-bond acceptors (Lipinski definition) is 3. The minimum atomic E-state index is -0.0760. The van der Waals surface area contributed by atoms with E-state index in [2.05, 4.69) is 64.1 Å². The quantitative estimate of drug-likeness (QED) is 0.579. The summed E-state index contributed by atoms with van der Waals surface area (Å²) in [7, 11) is 0. The summed E-state index contributed by atoms with van der Waals surface area (Å²) in [4.78, 5) is 0. The maximum atomic E-state index is 5.87. The Morgan fingerprint density at radius 3 is 1.92 bits per heavy atom. The van der Waals surface area contributed by atoms with Crippen LogP contribution in [0.15, 0.2) is 48.5 Å². The van der Waals surface area contributed by atoms with Gasteiger partial charge in [0.1, 0.15) is 24.2 Å². The molecule has 0 bridgehead atoms. The Balaban J connectivity index is 1.64. The molecule has 0 amide bonds. The number of epoxide rings is 1. The third-order valence-electron chi connectivity index (χ3n) is 5.22. The van der Waals surface area contributed by atoms with Crippen LogP contribution in [0.4, 0.5) is 0 Å². The third kappa shape index (κ3) is 4.79. The fourth-order valence-electron chi connectivity index (χ4n) is 2.81. The molecule has 0 aromatic heterocycles. The summed E-state index contributed by atoms with van der Waals surface area (Å²) in [6.45, 7) is 11.1. The highest BCUT2D eigenvalue weighted by atomic mass is 16.6. The van der Waals surface area contributed by atoms with Gasteiger partial charge in [-0.15, -0.1) is 0 Å². The van der Waals surface area contributed by atoms with Crippen molar-refractivity contribution in [1.82, 2.24) is 0 Å². The van der Waals surface area contributed by atoms with E-state index in [0.29, 0.717) is 12.5 Å². The smallest absolute Gasteiger partial charge is 0.119 e. The van der Waals surface area contributed by atoms with Gasteiger partial charge in [-0.3, -0.25) is 0 Å². The Labute approximate surface area is 157 Å². The molecule has 1 aliphatic rings. The highest BCUT2D eigenvalue weighted by Gasteiger charge is 2.24. The lowest BCUT2D eigenvalue weighted by molar-refractivity contribution is 0.256. The Hall–Kier alpha value is -2.00. The summed E-state index contributed by atoms with van der Waals surface area (Å²) in [6.07, 6.45) is 1.42. The van der Waals surface area contributed by atoms with Gasteiger partial charge < -0.3 is 14.2 Å². The summed E-state index contributed by atoms with van der Waals surface area (Å²) in [5.41, 5.74) is 2.46. The molecule has 26 heavy (non-hydrogen) atoms. The van der Waals surface area contributed by atoms with Crippen molar-refractivity contribution >= 4 is 0 Å². The first-order chi connectivity index (χ1) is 12.5. The molecule has 140 valence electrons. The summed E-state index contributed by atoms with van der Waals surface area (Å²) in [5.74, 6) is 2.42. The number of benzene rings is 2. The van der Waals surface area contributed by atoms with E-state index in [4.69, 9.17) is 14.2 Å². The molecule has 3 rings (SSSR count). The average Bonchev–Trinajstić information content (AvgIpc) is 3.49. The van der Waals surface area contributed by atoms with Gasteiger partial charge in [-0.05, 0) is 41.3 Å². The molecule has 2 aromatic rings. The molecule has 0 radical (unpaired) electrons. The summed E-state index contributed by atoms with van der Waals surface area (Å²) in [5, 5.41) is 0. The molecule has 3 nitrogen and oxygen atoms in total. The molecule has 3 heteroatoms. The van der Waals surface area contributed by atoms with Gasteiger partial charge in [0, 0.05) is 5.41 Å². The fourth-order valence-corrected chi connectivity index (χ4v) is 2.81. The Morgan fingerprint density at radius 1 is 0.962 bits per heavy atom. The lowest BCUT2D eigenvalue weighted by Gasteiger charge is -2.26. The standard InChI is InChI=1S/C23H30O3/c1-5-17(2)14-24-20-10-6-18(7-11-20)23(3,4)19-8-12-21(13-9-19)25-15-22-16-26-22/h6-13,17,22H,5,14-16H2,1-4H3. The van der Waals surface area contributed by atoms with Crippen LogP contribution in [0.3, 0.4) is 0 Å². The average molecular weight is 354 g/mol. The first-order valence-corrected chi connectivity index (χ1v) is 9.57. The molecule has 2 aromatic carbocycles. The van der Waals surface area contributed by atoms with Crippen molar-refractivity contribution in [2.75, 3.05) is 19.8 Å². The van der Waals surface area contributed by atoms with E-state index in [1.165, 1.54) is 11.1 Å². The predicted molar refractivity (Wildman–Crippen MR) is 105 cm³/mol. The Morgan fingerprint density at radius 2 is 1.46 bits per heavy atom. The van der Waals surface area contributed by atoms with Crippen LogP contribution in [-0.2, 0) is 10.2 Å². The molecule has 1 saturated heterocycles. The molecule has 0 aliphatic carbocycles. The summed E-state index contributed by atoms with van der Waals surface area (Å²) in [6, 6.07) is 16.9. The van der Waals surface area contributed by atoms with E-state index in [9.17, 15) is 0 Å². The van der Waals surface area contributed by atoms with Gasteiger partial charge in [0.2, 0.25) is 0 Å². The maximum absolute atomic E-state index is 5.87. The summed E-state index contributed by atoms with van der Waals surface area (Å²) >= 11 is 0. The third-order valence-corrected chi connectivity index (χ3v) is 5.22. The van der Waals surface area contributed by atoms with Crippen molar-refractivity contribution in [3.05, 3.63) is 59.7 Å². The van der Waals surface area contributed by atoms with Crippen molar-refractivity contribution in [2.45, 2.75) is 45.6 Å². The fraction of sp³-hybridized carbons (Fsp3) is 0.478. The largest absolute Gasteiger partial charge is 0.493 e. The van der Waals surface area contributed by atoms with E-state index in [1.807, 2.05) is 12.1 Å². The van der Waals surface area contributed by atoms with Crippen LogP contribution in [-0.4, -0.2) is 25.9 Å². The van der Waals surface area contributed by atoms with Gasteiger partial charge in [-0.2, -0.15) is 0 Å². The molecule has 2 unspecified atom stereocenters. The molecule has 1 aliphatic heterocycles. The first-order valence-electron chi connectivity index (χ1n) is 9.57. The highest BCUT2D eigenvalue weighted by molar-refractivity contribution is 5.41. The highest BCUT2D eigenvalue weighted by Crippen LogP contribution is 2.33. The minimum absolute atomic E-state index is 0.0760.